The maximum absolute atomic E-state index is 15.2. The zero-order chi connectivity index (χ0) is 27.1. The van der Waals surface area contributed by atoms with Crippen LogP contribution >= 0.6 is 0 Å². The molecule has 0 bridgehead atoms. The predicted octanol–water partition coefficient (Wildman–Crippen LogP) is 3.78. The van der Waals surface area contributed by atoms with Crippen LogP contribution in [0.25, 0.3) is 11.5 Å². The van der Waals surface area contributed by atoms with E-state index in [1.165, 1.54) is 23.1 Å². The van der Waals surface area contributed by atoms with Crippen LogP contribution in [0.1, 0.15) is 17.9 Å². The fourth-order valence-electron chi connectivity index (χ4n) is 4.31. The van der Waals surface area contributed by atoms with E-state index in [0.29, 0.717) is 26.2 Å². The van der Waals surface area contributed by atoms with Crippen molar-refractivity contribution in [1.29, 1.82) is 0 Å². The van der Waals surface area contributed by atoms with E-state index in [1.807, 2.05) is 7.05 Å². The van der Waals surface area contributed by atoms with Gasteiger partial charge in [-0.2, -0.15) is 8.78 Å². The number of likely N-dealkylation sites (N-methyl/N-ethyl adjacent to an activating group) is 1. The van der Waals surface area contributed by atoms with E-state index in [4.69, 9.17) is 4.42 Å². The Kier molecular flexibility index (Phi) is 6.69. The second-order valence-corrected chi connectivity index (χ2v) is 8.88. The van der Waals surface area contributed by atoms with Gasteiger partial charge in [0.2, 0.25) is 5.89 Å². The van der Waals surface area contributed by atoms with Crippen LogP contribution in [0.5, 0.6) is 0 Å². The van der Waals surface area contributed by atoms with Crippen molar-refractivity contribution in [3.8, 4) is 11.5 Å². The number of aromatic nitrogens is 2. The quantitative estimate of drug-likeness (QED) is 0.262. The normalized spacial score (nSPS) is 14.6. The number of hydrogen-bond acceptors (Lipinski definition) is 8. The molecule has 0 aliphatic carbocycles. The van der Waals surface area contributed by atoms with Crippen LogP contribution in [0.3, 0.4) is 0 Å². The Morgan fingerprint density at radius 3 is 2.29 bits per heavy atom. The maximum Gasteiger partial charge on any atom is 0.314 e. The lowest BCUT2D eigenvalue weighted by Gasteiger charge is -2.37. The summed E-state index contributed by atoms with van der Waals surface area (Å²) in [6.45, 7) is 1.89. The van der Waals surface area contributed by atoms with Crippen molar-refractivity contribution in [1.82, 2.24) is 15.1 Å². The summed E-state index contributed by atoms with van der Waals surface area (Å²) in [6.07, 6.45) is -2.99. The largest absolute Gasteiger partial charge is 0.415 e. The van der Waals surface area contributed by atoms with Gasteiger partial charge in [-0.1, -0.05) is 6.07 Å². The minimum Gasteiger partial charge on any atom is -0.415 e. The molecule has 1 fully saturated rings. The van der Waals surface area contributed by atoms with E-state index in [0.717, 1.165) is 18.2 Å². The summed E-state index contributed by atoms with van der Waals surface area (Å²) in [5.74, 6) is -4.34. The lowest BCUT2D eigenvalue weighted by Crippen LogP contribution is -2.51. The lowest BCUT2D eigenvalue weighted by molar-refractivity contribution is 0.116. The number of alkyl halides is 2. The number of halogens is 5. The average molecular weight is 533 g/mol. The first-order valence-corrected chi connectivity index (χ1v) is 11.5. The van der Waals surface area contributed by atoms with Crippen LogP contribution in [0, 0.1) is 17.5 Å². The minimum atomic E-state index is -2.99. The molecule has 0 unspecified atom stereocenters. The monoisotopic (exact) mass is 533 g/mol. The van der Waals surface area contributed by atoms with Crippen molar-refractivity contribution in [3.05, 3.63) is 85.8 Å². The van der Waals surface area contributed by atoms with Crippen LogP contribution in [0.4, 0.5) is 39.0 Å². The summed E-state index contributed by atoms with van der Waals surface area (Å²) in [6, 6.07) is 6.61. The Balaban J connectivity index is 1.53. The Bertz CT molecular complexity index is 1560. The van der Waals surface area contributed by atoms with Gasteiger partial charge in [0.25, 0.3) is 16.7 Å². The van der Waals surface area contributed by atoms with Crippen LogP contribution in [-0.4, -0.2) is 48.3 Å². The molecule has 0 amide bonds. The molecule has 4 aromatic rings. The van der Waals surface area contributed by atoms with Crippen molar-refractivity contribution in [2.45, 2.75) is 13.0 Å². The van der Waals surface area contributed by atoms with Gasteiger partial charge < -0.3 is 19.1 Å². The highest BCUT2D eigenvalue weighted by Gasteiger charge is 2.33. The molecule has 2 heterocycles. The summed E-state index contributed by atoms with van der Waals surface area (Å²) in [4.78, 5) is 30.5. The number of nitrogens with zero attached hydrogens (tertiary/aromatic N) is 5. The Hall–Kier alpha value is -4.13. The van der Waals surface area contributed by atoms with Gasteiger partial charge in [-0.3, -0.25) is 9.59 Å². The summed E-state index contributed by atoms with van der Waals surface area (Å²) >= 11 is 0. The Morgan fingerprint density at radius 2 is 1.66 bits per heavy atom. The second-order valence-electron chi connectivity index (χ2n) is 8.88. The van der Waals surface area contributed by atoms with Gasteiger partial charge in [0.05, 0.1) is 6.54 Å². The molecule has 8 nitrogen and oxygen atoms in total. The van der Waals surface area contributed by atoms with Gasteiger partial charge in [-0.25, -0.2) is 13.2 Å². The summed E-state index contributed by atoms with van der Waals surface area (Å²) in [5.41, 5.74) is -1.36. The molecule has 5 rings (SSSR count). The molecule has 198 valence electrons. The van der Waals surface area contributed by atoms with Gasteiger partial charge in [0.1, 0.15) is 17.2 Å². The Labute approximate surface area is 212 Å². The molecule has 1 aliphatic rings. The molecule has 0 N–H and O–H groups in total. The maximum atomic E-state index is 15.2. The van der Waals surface area contributed by atoms with Gasteiger partial charge in [-0.05, 0) is 31.3 Å². The van der Waals surface area contributed by atoms with Gasteiger partial charge in [0.15, 0.2) is 11.6 Å². The fourth-order valence-corrected chi connectivity index (χ4v) is 4.31. The molecule has 1 aliphatic heterocycles. The standard InChI is InChI=1S/C25H20F5N5O3/c1-33-6-8-34(9-7-33)19-20(22(37)21(19)36)35(15-4-5-16(26)18(28)11-15)12-14-3-2-13(10-17(14)27)24-31-32-25(38-24)23(29)30/h2-5,10-11,23H,6-9,12H2,1H3. The Morgan fingerprint density at radius 1 is 0.921 bits per heavy atom. The van der Waals surface area contributed by atoms with E-state index < -0.39 is 40.6 Å². The van der Waals surface area contributed by atoms with Gasteiger partial charge in [0, 0.05) is 49.1 Å². The summed E-state index contributed by atoms with van der Waals surface area (Å²) in [7, 11) is 1.92. The third-order valence-corrected chi connectivity index (χ3v) is 6.42. The molecule has 1 saturated heterocycles. The van der Waals surface area contributed by atoms with Crippen molar-refractivity contribution in [3.63, 3.8) is 0 Å². The van der Waals surface area contributed by atoms with E-state index >= 15 is 4.39 Å². The first-order chi connectivity index (χ1) is 18.1. The molecule has 0 saturated carbocycles. The third kappa shape index (κ3) is 4.64. The third-order valence-electron chi connectivity index (χ3n) is 6.42. The van der Waals surface area contributed by atoms with Gasteiger partial charge >= 0.3 is 6.43 Å². The topological polar surface area (TPSA) is 82.8 Å². The van der Waals surface area contributed by atoms with E-state index in [2.05, 4.69) is 15.1 Å². The zero-order valence-electron chi connectivity index (χ0n) is 19.9. The first kappa shape index (κ1) is 25.5. The summed E-state index contributed by atoms with van der Waals surface area (Å²) < 4.78 is 73.4. The minimum absolute atomic E-state index is 0.0180. The number of anilines is 3. The van der Waals surface area contributed by atoms with E-state index in [-0.39, 0.29) is 40.6 Å². The van der Waals surface area contributed by atoms with Crippen LogP contribution in [-0.2, 0) is 6.54 Å². The molecule has 0 spiro atoms. The zero-order valence-corrected chi connectivity index (χ0v) is 19.9. The number of hydrogen-bond donors (Lipinski definition) is 0. The number of rotatable bonds is 7. The molecular formula is C25H20F5N5O3. The van der Waals surface area contributed by atoms with E-state index in [1.54, 1.807) is 4.90 Å². The predicted molar refractivity (Wildman–Crippen MR) is 128 cm³/mol. The van der Waals surface area contributed by atoms with Crippen LogP contribution in [0.15, 0.2) is 50.4 Å². The summed E-state index contributed by atoms with van der Waals surface area (Å²) in [5, 5.41) is 6.71. The second kappa shape index (κ2) is 9.97. The molecule has 1 aromatic heterocycles. The molecule has 0 radical (unpaired) electrons. The highest BCUT2D eigenvalue weighted by molar-refractivity contribution is 5.81. The smallest absolute Gasteiger partial charge is 0.314 e. The molecule has 0 atom stereocenters. The van der Waals surface area contributed by atoms with Gasteiger partial charge in [-0.15, -0.1) is 10.2 Å². The van der Waals surface area contributed by atoms with Crippen molar-refractivity contribution < 1.29 is 26.4 Å². The number of benzene rings is 2. The molecular weight excluding hydrogens is 513 g/mol. The van der Waals surface area contributed by atoms with E-state index in [9.17, 15) is 27.2 Å². The van der Waals surface area contributed by atoms with Crippen LogP contribution in [0.2, 0.25) is 0 Å². The van der Waals surface area contributed by atoms with Crippen molar-refractivity contribution in [2.75, 3.05) is 43.0 Å². The molecule has 38 heavy (non-hydrogen) atoms. The van der Waals surface area contributed by atoms with Crippen LogP contribution < -0.4 is 20.7 Å². The van der Waals surface area contributed by atoms with Crippen molar-refractivity contribution >= 4 is 17.1 Å². The SMILES string of the molecule is CN1CCN(c2c(N(Cc3ccc(-c4nnc(C(F)F)o4)cc3F)c3ccc(F)c(F)c3)c(=O)c2=O)CC1. The molecule has 3 aromatic carbocycles. The highest BCUT2D eigenvalue weighted by atomic mass is 19.3. The molecule has 13 heteroatoms. The number of piperazine rings is 1. The fraction of sp³-hybridized carbons (Fsp3) is 0.280. The lowest BCUT2D eigenvalue weighted by atomic mass is 10.1. The average Bonchev–Trinajstić information content (AvgIpc) is 3.40. The highest BCUT2D eigenvalue weighted by Crippen LogP contribution is 2.35. The van der Waals surface area contributed by atoms with Crippen molar-refractivity contribution in [2.24, 2.45) is 0 Å². The first-order valence-electron chi connectivity index (χ1n) is 11.5.